The smallest absolute Gasteiger partial charge is 0.362 e. The fraction of sp³-hybridized carbons (Fsp3) is 0.417. The standard InChI is InChI=1S/C22H17Cl2F4NO3S.C2H6/c23-15-4-12(5-16(24)20(15)25)18(33)6-17(30)11-1-2-14-13(3-11)8-32-21(14)9-29(10-21)19(31)7-22(26,27)28;1-2/h1-5,18,33H,6-10H2;1-2H3. The van der Waals surface area contributed by atoms with Gasteiger partial charge in [0.1, 0.15) is 12.0 Å². The highest BCUT2D eigenvalue weighted by Crippen LogP contribution is 2.44. The van der Waals surface area contributed by atoms with Crippen LogP contribution in [0.5, 0.6) is 0 Å². The van der Waals surface area contributed by atoms with Crippen LogP contribution in [0.15, 0.2) is 30.3 Å². The highest BCUT2D eigenvalue weighted by Gasteiger charge is 2.52. The van der Waals surface area contributed by atoms with Crippen LogP contribution in [0.1, 0.15) is 59.0 Å². The minimum atomic E-state index is -4.56. The molecular formula is C24H23Cl2F4NO3S. The Morgan fingerprint density at radius 3 is 2.31 bits per heavy atom. The van der Waals surface area contributed by atoms with Gasteiger partial charge in [-0.05, 0) is 34.9 Å². The van der Waals surface area contributed by atoms with E-state index in [2.05, 4.69) is 12.6 Å². The number of ketones is 1. The van der Waals surface area contributed by atoms with Gasteiger partial charge >= 0.3 is 6.18 Å². The predicted molar refractivity (Wildman–Crippen MR) is 129 cm³/mol. The lowest BCUT2D eigenvalue weighted by Crippen LogP contribution is -2.61. The van der Waals surface area contributed by atoms with Gasteiger partial charge in [0.05, 0.1) is 29.7 Å². The number of likely N-dealkylation sites (tertiary alicyclic amines) is 1. The molecule has 1 amide bonds. The van der Waals surface area contributed by atoms with Crippen LogP contribution >= 0.6 is 35.8 Å². The van der Waals surface area contributed by atoms with Gasteiger partial charge in [0.25, 0.3) is 0 Å². The number of halogens is 6. The maximum Gasteiger partial charge on any atom is 0.397 e. The van der Waals surface area contributed by atoms with Crippen LogP contribution in [0.25, 0.3) is 0 Å². The number of rotatable bonds is 5. The summed E-state index contributed by atoms with van der Waals surface area (Å²) in [5, 5.41) is -0.886. The number of amides is 1. The van der Waals surface area contributed by atoms with Gasteiger partial charge in [0.2, 0.25) is 5.91 Å². The number of carbonyl (C=O) groups excluding carboxylic acids is 2. The summed E-state index contributed by atoms with van der Waals surface area (Å²) < 4.78 is 56.8. The summed E-state index contributed by atoms with van der Waals surface area (Å²) in [6.07, 6.45) is -6.05. The third-order valence-electron chi connectivity index (χ3n) is 5.79. The van der Waals surface area contributed by atoms with E-state index in [4.69, 9.17) is 27.9 Å². The average molecular weight is 552 g/mol. The van der Waals surface area contributed by atoms with Crippen LogP contribution in [-0.2, 0) is 21.7 Å². The van der Waals surface area contributed by atoms with Gasteiger partial charge in [0.15, 0.2) is 11.6 Å². The van der Waals surface area contributed by atoms with Gasteiger partial charge < -0.3 is 9.64 Å². The van der Waals surface area contributed by atoms with E-state index >= 15 is 0 Å². The van der Waals surface area contributed by atoms with Gasteiger partial charge in [-0.1, -0.05) is 49.2 Å². The molecule has 2 aliphatic rings. The van der Waals surface area contributed by atoms with Crippen molar-refractivity contribution in [2.75, 3.05) is 13.1 Å². The summed E-state index contributed by atoms with van der Waals surface area (Å²) in [7, 11) is 0. The Hall–Kier alpha value is -1.81. The van der Waals surface area contributed by atoms with E-state index in [0.717, 1.165) is 16.0 Å². The van der Waals surface area contributed by atoms with E-state index in [9.17, 15) is 27.2 Å². The SMILES string of the molecule is CC.O=C(CC(S)c1cc(Cl)c(F)c(Cl)c1)c1ccc2c(c1)COC21CN(C(=O)CC(F)(F)F)C1. The topological polar surface area (TPSA) is 46.6 Å². The van der Waals surface area contributed by atoms with Crippen molar-refractivity contribution in [3.8, 4) is 0 Å². The number of thiol groups is 1. The van der Waals surface area contributed by atoms with Crippen molar-refractivity contribution in [3.63, 3.8) is 0 Å². The maximum absolute atomic E-state index is 13.6. The summed E-state index contributed by atoms with van der Waals surface area (Å²) in [5.74, 6) is -1.94. The molecule has 0 aromatic heterocycles. The molecule has 0 radical (unpaired) electrons. The molecule has 0 N–H and O–H groups in total. The molecule has 2 aromatic carbocycles. The molecular weight excluding hydrogens is 529 g/mol. The first-order valence-corrected chi connectivity index (χ1v) is 12.1. The summed E-state index contributed by atoms with van der Waals surface area (Å²) in [6, 6.07) is 7.74. The Morgan fingerprint density at radius 2 is 1.74 bits per heavy atom. The predicted octanol–water partition coefficient (Wildman–Crippen LogP) is 6.92. The van der Waals surface area contributed by atoms with Crippen molar-refractivity contribution in [3.05, 3.63) is 68.4 Å². The number of hydrogen-bond donors (Lipinski definition) is 1. The van der Waals surface area contributed by atoms with Crippen molar-refractivity contribution in [1.82, 2.24) is 4.90 Å². The molecule has 190 valence electrons. The number of ether oxygens (including phenoxy) is 1. The first-order valence-electron chi connectivity index (χ1n) is 10.9. The van der Waals surface area contributed by atoms with E-state index in [1.807, 2.05) is 13.8 Å². The molecule has 4 nitrogen and oxygen atoms in total. The molecule has 35 heavy (non-hydrogen) atoms. The molecule has 2 heterocycles. The van der Waals surface area contributed by atoms with Crippen molar-refractivity contribution in [2.45, 2.75) is 50.3 Å². The molecule has 0 saturated carbocycles. The molecule has 0 bridgehead atoms. The van der Waals surface area contributed by atoms with Crippen molar-refractivity contribution >= 4 is 47.5 Å². The molecule has 1 atom stereocenters. The number of hydrogen-bond acceptors (Lipinski definition) is 4. The molecule has 2 aliphatic heterocycles. The van der Waals surface area contributed by atoms with E-state index in [0.29, 0.717) is 11.1 Å². The lowest BCUT2D eigenvalue weighted by molar-refractivity contribution is -0.185. The first kappa shape index (κ1) is 27.8. The zero-order valence-electron chi connectivity index (χ0n) is 18.9. The van der Waals surface area contributed by atoms with Gasteiger partial charge in [0, 0.05) is 17.2 Å². The zero-order valence-corrected chi connectivity index (χ0v) is 21.3. The van der Waals surface area contributed by atoms with Crippen LogP contribution in [0.2, 0.25) is 10.0 Å². The second-order valence-electron chi connectivity index (χ2n) is 8.14. The molecule has 11 heteroatoms. The largest absolute Gasteiger partial charge is 0.397 e. The van der Waals surface area contributed by atoms with Crippen LogP contribution in [0, 0.1) is 5.82 Å². The lowest BCUT2D eigenvalue weighted by Gasteiger charge is -2.47. The van der Waals surface area contributed by atoms with E-state index in [-0.39, 0.29) is 41.9 Å². The van der Waals surface area contributed by atoms with Crippen molar-refractivity contribution in [2.24, 2.45) is 0 Å². The molecule has 2 aromatic rings. The molecule has 1 fully saturated rings. The van der Waals surface area contributed by atoms with Gasteiger partial charge in [-0.2, -0.15) is 25.8 Å². The minimum Gasteiger partial charge on any atom is -0.362 e. The molecule has 1 unspecified atom stereocenters. The quantitative estimate of drug-likeness (QED) is 0.190. The van der Waals surface area contributed by atoms with E-state index in [1.54, 1.807) is 18.2 Å². The fourth-order valence-electron chi connectivity index (χ4n) is 4.10. The summed E-state index contributed by atoms with van der Waals surface area (Å²) in [4.78, 5) is 25.7. The number of alkyl halides is 3. The van der Waals surface area contributed by atoms with Crippen LogP contribution in [-0.4, -0.2) is 35.9 Å². The minimum absolute atomic E-state index is 0.00586. The van der Waals surface area contributed by atoms with Gasteiger partial charge in [-0.15, -0.1) is 0 Å². The molecule has 0 aliphatic carbocycles. The Labute approximate surface area is 215 Å². The molecule has 1 spiro atoms. The second-order valence-corrected chi connectivity index (χ2v) is 9.58. The number of carbonyl (C=O) groups is 2. The third-order valence-corrected chi connectivity index (χ3v) is 6.82. The number of nitrogens with zero attached hydrogens (tertiary/aromatic N) is 1. The zero-order chi connectivity index (χ0) is 26.1. The highest BCUT2D eigenvalue weighted by atomic mass is 35.5. The summed E-state index contributed by atoms with van der Waals surface area (Å²) in [6.45, 7) is 4.26. The van der Waals surface area contributed by atoms with E-state index < -0.39 is 35.2 Å². The highest BCUT2D eigenvalue weighted by molar-refractivity contribution is 7.80. The number of benzene rings is 2. The number of fused-ring (bicyclic) bond motifs is 2. The fourth-order valence-corrected chi connectivity index (χ4v) is 4.91. The van der Waals surface area contributed by atoms with Gasteiger partial charge in [-0.25, -0.2) is 4.39 Å². The van der Waals surface area contributed by atoms with Gasteiger partial charge in [-0.3, -0.25) is 9.59 Å². The summed E-state index contributed by atoms with van der Waals surface area (Å²) in [5.41, 5.74) is 1.58. The van der Waals surface area contributed by atoms with Crippen LogP contribution in [0.3, 0.4) is 0 Å². The third kappa shape index (κ3) is 5.96. The van der Waals surface area contributed by atoms with Crippen LogP contribution < -0.4 is 0 Å². The average Bonchev–Trinajstić information content (AvgIpc) is 3.15. The Bertz CT molecular complexity index is 1110. The number of Topliss-reactive ketones (excluding diaryl/α,β-unsaturated/α-hetero) is 1. The molecule has 4 rings (SSSR count). The Balaban J connectivity index is 0.00000167. The monoisotopic (exact) mass is 551 g/mol. The van der Waals surface area contributed by atoms with E-state index in [1.165, 1.54) is 12.1 Å². The first-order chi connectivity index (χ1) is 16.4. The Morgan fingerprint density at radius 1 is 1.14 bits per heavy atom. The summed E-state index contributed by atoms with van der Waals surface area (Å²) >= 11 is 16.1. The maximum atomic E-state index is 13.6. The van der Waals surface area contributed by atoms with Crippen LogP contribution in [0.4, 0.5) is 17.6 Å². The second kappa shape index (κ2) is 10.7. The molecule has 1 saturated heterocycles. The normalized spacial score (nSPS) is 16.8. The Kier molecular flexibility index (Phi) is 8.46. The van der Waals surface area contributed by atoms with Crippen molar-refractivity contribution < 1.29 is 31.9 Å². The lowest BCUT2D eigenvalue weighted by atomic mass is 9.84. The van der Waals surface area contributed by atoms with Crippen molar-refractivity contribution in [1.29, 1.82) is 0 Å².